The fourth-order valence-corrected chi connectivity index (χ4v) is 3.77. The molecule has 27 heavy (non-hydrogen) atoms. The molecule has 1 aromatic heterocycles. The molecule has 3 aromatic rings. The standard InChI is InChI=1S/C23H26N2O2/c1-16-3-5-18(6-4-16)15-25-11-8-20(9-12-25)27-22-14-19-7-10-24-23(26)21(19)13-17(22)2/h3-7,10,13-14,20H,8-9,11-12,15H2,1-2H3,(H,24,26). The van der Waals surface area contributed by atoms with Gasteiger partial charge in [-0.05, 0) is 61.4 Å². The fraction of sp³-hybridized carbons (Fsp3) is 0.348. The summed E-state index contributed by atoms with van der Waals surface area (Å²) in [5.74, 6) is 0.894. The van der Waals surface area contributed by atoms with Crippen LogP contribution in [0.3, 0.4) is 0 Å². The van der Waals surface area contributed by atoms with E-state index in [9.17, 15) is 4.79 Å². The topological polar surface area (TPSA) is 45.3 Å². The average molecular weight is 362 g/mol. The van der Waals surface area contributed by atoms with Crippen LogP contribution in [0.25, 0.3) is 10.8 Å². The predicted octanol–water partition coefficient (Wildman–Crippen LogP) is 4.19. The maximum absolute atomic E-state index is 11.9. The Labute approximate surface area is 159 Å². The zero-order chi connectivity index (χ0) is 18.8. The lowest BCUT2D eigenvalue weighted by atomic mass is 10.1. The number of H-pyrrole nitrogens is 1. The van der Waals surface area contributed by atoms with Gasteiger partial charge in [0, 0.05) is 31.2 Å². The van der Waals surface area contributed by atoms with E-state index in [4.69, 9.17) is 4.74 Å². The van der Waals surface area contributed by atoms with Crippen molar-refractivity contribution in [2.45, 2.75) is 39.3 Å². The van der Waals surface area contributed by atoms with E-state index in [1.54, 1.807) is 6.20 Å². The van der Waals surface area contributed by atoms with Gasteiger partial charge >= 0.3 is 0 Å². The predicted molar refractivity (Wildman–Crippen MR) is 109 cm³/mol. The van der Waals surface area contributed by atoms with Crippen LogP contribution in [-0.4, -0.2) is 29.1 Å². The number of ether oxygens (including phenoxy) is 1. The SMILES string of the molecule is Cc1ccc(CN2CCC(Oc3cc4cc[nH]c(=O)c4cc3C)CC2)cc1. The lowest BCUT2D eigenvalue weighted by Gasteiger charge is -2.32. The van der Waals surface area contributed by atoms with Gasteiger partial charge in [0.1, 0.15) is 11.9 Å². The highest BCUT2D eigenvalue weighted by Gasteiger charge is 2.21. The number of rotatable bonds is 4. The number of benzene rings is 2. The van der Waals surface area contributed by atoms with E-state index in [1.165, 1.54) is 11.1 Å². The smallest absolute Gasteiger partial charge is 0.255 e. The third-order valence-corrected chi connectivity index (χ3v) is 5.42. The quantitative estimate of drug-likeness (QED) is 0.757. The Kier molecular flexibility index (Phi) is 4.99. The van der Waals surface area contributed by atoms with Gasteiger partial charge in [0.15, 0.2) is 0 Å². The van der Waals surface area contributed by atoms with Crippen LogP contribution in [0.15, 0.2) is 53.5 Å². The first-order chi connectivity index (χ1) is 13.1. The molecule has 1 aliphatic heterocycles. The van der Waals surface area contributed by atoms with E-state index in [-0.39, 0.29) is 11.7 Å². The lowest BCUT2D eigenvalue weighted by Crippen LogP contribution is -2.37. The number of hydrogen-bond donors (Lipinski definition) is 1. The van der Waals surface area contributed by atoms with Crippen LogP contribution in [-0.2, 0) is 6.54 Å². The van der Waals surface area contributed by atoms with Gasteiger partial charge in [-0.2, -0.15) is 0 Å². The summed E-state index contributed by atoms with van der Waals surface area (Å²) in [5.41, 5.74) is 3.64. The third-order valence-electron chi connectivity index (χ3n) is 5.42. The number of hydrogen-bond acceptors (Lipinski definition) is 3. The summed E-state index contributed by atoms with van der Waals surface area (Å²) >= 11 is 0. The number of nitrogens with one attached hydrogen (secondary N) is 1. The second-order valence-corrected chi connectivity index (χ2v) is 7.59. The first-order valence-corrected chi connectivity index (χ1v) is 9.65. The van der Waals surface area contributed by atoms with Crippen LogP contribution in [0, 0.1) is 13.8 Å². The Morgan fingerprint density at radius 1 is 1.07 bits per heavy atom. The molecule has 0 bridgehead atoms. The normalized spacial score (nSPS) is 15.9. The molecular weight excluding hydrogens is 336 g/mol. The van der Waals surface area contributed by atoms with E-state index in [0.717, 1.165) is 54.6 Å². The molecule has 2 heterocycles. The summed E-state index contributed by atoms with van der Waals surface area (Å²) < 4.78 is 6.31. The molecular formula is C23H26N2O2. The fourth-order valence-electron chi connectivity index (χ4n) is 3.77. The Morgan fingerprint density at radius 3 is 2.56 bits per heavy atom. The summed E-state index contributed by atoms with van der Waals surface area (Å²) in [7, 11) is 0. The second-order valence-electron chi connectivity index (χ2n) is 7.59. The van der Waals surface area contributed by atoms with Crippen molar-refractivity contribution < 1.29 is 4.74 Å². The van der Waals surface area contributed by atoms with Crippen LogP contribution >= 0.6 is 0 Å². The van der Waals surface area contributed by atoms with Crippen molar-refractivity contribution in [1.82, 2.24) is 9.88 Å². The Bertz CT molecular complexity index is 983. The summed E-state index contributed by atoms with van der Waals surface area (Å²) in [4.78, 5) is 17.2. The molecule has 1 N–H and O–H groups in total. The highest BCUT2D eigenvalue weighted by atomic mass is 16.5. The van der Waals surface area contributed by atoms with E-state index >= 15 is 0 Å². The average Bonchev–Trinajstić information content (AvgIpc) is 2.67. The maximum atomic E-state index is 11.9. The Balaban J connectivity index is 1.39. The van der Waals surface area contributed by atoms with E-state index in [0.29, 0.717) is 0 Å². The molecule has 2 aromatic carbocycles. The van der Waals surface area contributed by atoms with Crippen molar-refractivity contribution in [2.75, 3.05) is 13.1 Å². The molecule has 0 radical (unpaired) electrons. The van der Waals surface area contributed by atoms with Crippen LogP contribution in [0.5, 0.6) is 5.75 Å². The van der Waals surface area contributed by atoms with Gasteiger partial charge in [-0.3, -0.25) is 9.69 Å². The van der Waals surface area contributed by atoms with Gasteiger partial charge in [-0.15, -0.1) is 0 Å². The van der Waals surface area contributed by atoms with Crippen molar-refractivity contribution in [3.63, 3.8) is 0 Å². The summed E-state index contributed by atoms with van der Waals surface area (Å²) in [5, 5.41) is 1.64. The minimum absolute atomic E-state index is 0.0495. The van der Waals surface area contributed by atoms with E-state index < -0.39 is 0 Å². The first kappa shape index (κ1) is 17.8. The molecule has 1 aliphatic rings. The van der Waals surface area contributed by atoms with Crippen LogP contribution in [0.2, 0.25) is 0 Å². The molecule has 0 amide bonds. The van der Waals surface area contributed by atoms with Crippen LogP contribution in [0.1, 0.15) is 29.5 Å². The van der Waals surface area contributed by atoms with Crippen molar-refractivity contribution in [1.29, 1.82) is 0 Å². The second kappa shape index (κ2) is 7.57. The summed E-state index contributed by atoms with van der Waals surface area (Å²) in [6, 6.07) is 14.6. The number of nitrogens with zero attached hydrogens (tertiary/aromatic N) is 1. The highest BCUT2D eigenvalue weighted by molar-refractivity contribution is 5.83. The number of fused-ring (bicyclic) bond motifs is 1. The van der Waals surface area contributed by atoms with Gasteiger partial charge in [0.2, 0.25) is 0 Å². The zero-order valence-corrected chi connectivity index (χ0v) is 16.0. The van der Waals surface area contributed by atoms with Gasteiger partial charge in [0.05, 0.1) is 0 Å². The molecule has 0 aliphatic carbocycles. The van der Waals surface area contributed by atoms with Crippen molar-refractivity contribution in [3.05, 3.63) is 75.7 Å². The van der Waals surface area contributed by atoms with E-state index in [2.05, 4.69) is 41.1 Å². The number of aryl methyl sites for hydroxylation is 2. The van der Waals surface area contributed by atoms with Gasteiger partial charge in [0.25, 0.3) is 5.56 Å². The molecule has 4 rings (SSSR count). The summed E-state index contributed by atoms with van der Waals surface area (Å²) in [6.07, 6.45) is 3.97. The summed E-state index contributed by atoms with van der Waals surface area (Å²) in [6.45, 7) is 7.23. The molecule has 0 spiro atoms. The largest absolute Gasteiger partial charge is 0.490 e. The molecule has 0 saturated carbocycles. The number of piperidine rings is 1. The highest BCUT2D eigenvalue weighted by Crippen LogP contribution is 2.27. The van der Waals surface area contributed by atoms with E-state index in [1.807, 2.05) is 25.1 Å². The zero-order valence-electron chi connectivity index (χ0n) is 16.0. The number of aromatic nitrogens is 1. The van der Waals surface area contributed by atoms with Gasteiger partial charge in [-0.25, -0.2) is 0 Å². The molecule has 1 fully saturated rings. The number of aromatic amines is 1. The molecule has 4 nitrogen and oxygen atoms in total. The minimum atomic E-state index is -0.0495. The van der Waals surface area contributed by atoms with Crippen molar-refractivity contribution in [2.24, 2.45) is 0 Å². The molecule has 4 heteroatoms. The van der Waals surface area contributed by atoms with Crippen LogP contribution < -0.4 is 10.3 Å². The Morgan fingerprint density at radius 2 is 1.81 bits per heavy atom. The Hall–Kier alpha value is -2.59. The molecule has 1 saturated heterocycles. The maximum Gasteiger partial charge on any atom is 0.255 e. The molecule has 140 valence electrons. The monoisotopic (exact) mass is 362 g/mol. The van der Waals surface area contributed by atoms with Crippen molar-refractivity contribution >= 4 is 10.8 Å². The first-order valence-electron chi connectivity index (χ1n) is 9.65. The number of pyridine rings is 1. The third kappa shape index (κ3) is 4.06. The molecule has 0 unspecified atom stereocenters. The lowest BCUT2D eigenvalue weighted by molar-refractivity contribution is 0.0964. The van der Waals surface area contributed by atoms with Gasteiger partial charge < -0.3 is 9.72 Å². The van der Waals surface area contributed by atoms with Crippen LogP contribution in [0.4, 0.5) is 0 Å². The van der Waals surface area contributed by atoms with Crippen molar-refractivity contribution in [3.8, 4) is 5.75 Å². The van der Waals surface area contributed by atoms with Gasteiger partial charge in [-0.1, -0.05) is 29.8 Å². The minimum Gasteiger partial charge on any atom is -0.490 e. The number of likely N-dealkylation sites (tertiary alicyclic amines) is 1. The molecule has 0 atom stereocenters.